The maximum absolute atomic E-state index is 8.20. The SMILES string of the molecule is [2H]C([2H])(c1ncoc1C(C)(C)C)C(C)(C)C. The minimum atomic E-state index is -1.50. The van der Waals surface area contributed by atoms with E-state index in [0.29, 0.717) is 11.5 Å². The van der Waals surface area contributed by atoms with Crippen molar-refractivity contribution in [1.82, 2.24) is 4.98 Å². The summed E-state index contributed by atoms with van der Waals surface area (Å²) < 4.78 is 21.8. The lowest BCUT2D eigenvalue weighted by molar-refractivity contribution is 0.376. The van der Waals surface area contributed by atoms with Crippen LogP contribution in [0.15, 0.2) is 10.8 Å². The van der Waals surface area contributed by atoms with Crippen molar-refractivity contribution in [1.29, 1.82) is 0 Å². The molecule has 0 fully saturated rings. The average Bonchev–Trinajstić information content (AvgIpc) is 2.47. The van der Waals surface area contributed by atoms with Crippen molar-refractivity contribution >= 4 is 0 Å². The first kappa shape index (κ1) is 8.51. The molecule has 0 aliphatic heterocycles. The Hall–Kier alpha value is -0.790. The molecule has 2 heteroatoms. The van der Waals surface area contributed by atoms with Gasteiger partial charge in [-0.05, 0) is 11.8 Å². The first-order chi connectivity index (χ1) is 6.98. The van der Waals surface area contributed by atoms with Gasteiger partial charge in [0, 0.05) is 8.16 Å². The summed E-state index contributed by atoms with van der Waals surface area (Å²) in [5.41, 5.74) is -0.318. The molecule has 0 N–H and O–H groups in total. The van der Waals surface area contributed by atoms with E-state index in [1.54, 1.807) is 0 Å². The predicted molar refractivity (Wildman–Crippen MR) is 58.4 cm³/mol. The van der Waals surface area contributed by atoms with Crippen molar-refractivity contribution in [3.63, 3.8) is 0 Å². The summed E-state index contributed by atoms with van der Waals surface area (Å²) in [7, 11) is 0. The summed E-state index contributed by atoms with van der Waals surface area (Å²) in [6, 6.07) is 0. The summed E-state index contributed by atoms with van der Waals surface area (Å²) in [5.74, 6) is 0.632. The normalized spacial score (nSPS) is 16.4. The van der Waals surface area contributed by atoms with E-state index in [9.17, 15) is 0 Å². The Kier molecular flexibility index (Phi) is 2.07. The molecule has 1 aromatic rings. The van der Waals surface area contributed by atoms with Crippen LogP contribution >= 0.6 is 0 Å². The van der Waals surface area contributed by atoms with Crippen LogP contribution in [0.4, 0.5) is 0 Å². The Bertz CT molecular complexity index is 369. The maximum Gasteiger partial charge on any atom is 0.181 e. The average molecular weight is 197 g/mol. The third kappa shape index (κ3) is 2.86. The van der Waals surface area contributed by atoms with E-state index in [1.165, 1.54) is 6.39 Å². The number of oxazole rings is 1. The molecule has 80 valence electrons. The largest absolute Gasteiger partial charge is 0.448 e. The zero-order valence-corrected chi connectivity index (χ0v) is 9.93. The Morgan fingerprint density at radius 2 is 1.86 bits per heavy atom. The van der Waals surface area contributed by atoms with Gasteiger partial charge in [-0.1, -0.05) is 41.5 Å². The second-order valence-corrected chi connectivity index (χ2v) is 5.66. The van der Waals surface area contributed by atoms with Gasteiger partial charge in [-0.3, -0.25) is 0 Å². The van der Waals surface area contributed by atoms with Crippen LogP contribution in [0, 0.1) is 5.41 Å². The van der Waals surface area contributed by atoms with Gasteiger partial charge in [0.05, 0.1) is 5.69 Å². The van der Waals surface area contributed by atoms with Crippen LogP contribution in [-0.4, -0.2) is 4.98 Å². The minimum absolute atomic E-state index is 0.232. The van der Waals surface area contributed by atoms with Gasteiger partial charge in [-0.25, -0.2) is 4.98 Å². The molecule has 0 aliphatic rings. The third-order valence-electron chi connectivity index (χ3n) is 1.74. The molecule has 0 saturated heterocycles. The molecule has 0 saturated carbocycles. The highest BCUT2D eigenvalue weighted by atomic mass is 16.3. The van der Waals surface area contributed by atoms with Gasteiger partial charge < -0.3 is 4.42 Å². The van der Waals surface area contributed by atoms with E-state index >= 15 is 0 Å². The van der Waals surface area contributed by atoms with Crippen LogP contribution in [0.25, 0.3) is 0 Å². The fraction of sp³-hybridized carbons (Fsp3) is 0.750. The summed E-state index contributed by atoms with van der Waals surface area (Å²) >= 11 is 0. The molecule has 0 spiro atoms. The number of nitrogens with zero attached hydrogens (tertiary/aromatic N) is 1. The van der Waals surface area contributed by atoms with Crippen LogP contribution in [0.1, 0.15) is 55.7 Å². The van der Waals surface area contributed by atoms with Crippen molar-refractivity contribution in [2.24, 2.45) is 5.41 Å². The van der Waals surface area contributed by atoms with Gasteiger partial charge >= 0.3 is 0 Å². The van der Waals surface area contributed by atoms with Gasteiger partial charge in [0.25, 0.3) is 0 Å². The van der Waals surface area contributed by atoms with Crippen LogP contribution in [0.2, 0.25) is 0 Å². The highest BCUT2D eigenvalue weighted by Crippen LogP contribution is 2.29. The molecule has 0 aromatic carbocycles. The number of hydrogen-bond donors (Lipinski definition) is 0. The van der Waals surface area contributed by atoms with Gasteiger partial charge in [0.1, 0.15) is 5.76 Å². The fourth-order valence-corrected chi connectivity index (χ4v) is 1.22. The van der Waals surface area contributed by atoms with E-state index in [2.05, 4.69) is 4.98 Å². The van der Waals surface area contributed by atoms with Crippen molar-refractivity contribution in [2.75, 3.05) is 0 Å². The van der Waals surface area contributed by atoms with Crippen LogP contribution in [-0.2, 0) is 11.8 Å². The molecule has 0 unspecified atom stereocenters. The van der Waals surface area contributed by atoms with Gasteiger partial charge in [-0.15, -0.1) is 0 Å². The standard InChI is InChI=1S/C12H21NO/c1-11(2,3)7-9-10(12(4,5)6)14-8-13-9/h8H,7H2,1-6H3/i7D2. The van der Waals surface area contributed by atoms with Gasteiger partial charge in [0.15, 0.2) is 6.39 Å². The van der Waals surface area contributed by atoms with Crippen molar-refractivity contribution in [2.45, 2.75) is 53.3 Å². The van der Waals surface area contributed by atoms with Crippen molar-refractivity contribution in [3.05, 3.63) is 17.8 Å². The summed E-state index contributed by atoms with van der Waals surface area (Å²) in [6.45, 7) is 11.6. The fourth-order valence-electron chi connectivity index (χ4n) is 1.22. The number of aromatic nitrogens is 1. The Morgan fingerprint density at radius 1 is 1.29 bits per heavy atom. The Morgan fingerprint density at radius 3 is 2.29 bits per heavy atom. The quantitative estimate of drug-likeness (QED) is 0.688. The topological polar surface area (TPSA) is 26.0 Å². The van der Waals surface area contributed by atoms with Gasteiger partial charge in [0.2, 0.25) is 0 Å². The van der Waals surface area contributed by atoms with E-state index in [1.807, 2.05) is 41.5 Å². The lowest BCUT2D eigenvalue weighted by atomic mass is 9.85. The predicted octanol–water partition coefficient (Wildman–Crippen LogP) is 3.56. The molecule has 0 atom stereocenters. The highest BCUT2D eigenvalue weighted by Gasteiger charge is 2.25. The van der Waals surface area contributed by atoms with E-state index in [-0.39, 0.29) is 5.41 Å². The molecule has 0 amide bonds. The summed E-state index contributed by atoms with van der Waals surface area (Å²) in [6.07, 6.45) is -0.165. The first-order valence-corrected chi connectivity index (χ1v) is 4.92. The smallest absolute Gasteiger partial charge is 0.181 e. The lowest BCUT2D eigenvalue weighted by Crippen LogP contribution is -2.17. The minimum Gasteiger partial charge on any atom is -0.448 e. The van der Waals surface area contributed by atoms with E-state index < -0.39 is 11.8 Å². The van der Waals surface area contributed by atoms with Crippen molar-refractivity contribution < 1.29 is 7.16 Å². The van der Waals surface area contributed by atoms with Crippen LogP contribution in [0.5, 0.6) is 0 Å². The molecule has 1 heterocycles. The molecule has 14 heavy (non-hydrogen) atoms. The molecule has 0 aliphatic carbocycles. The zero-order chi connectivity index (χ0) is 12.8. The van der Waals surface area contributed by atoms with Gasteiger partial charge in [-0.2, -0.15) is 0 Å². The third-order valence-corrected chi connectivity index (χ3v) is 1.74. The maximum atomic E-state index is 8.20. The molecule has 0 bridgehead atoms. The monoisotopic (exact) mass is 197 g/mol. The lowest BCUT2D eigenvalue weighted by Gasteiger charge is -2.21. The number of rotatable bonds is 1. The molecule has 1 rings (SSSR count). The van der Waals surface area contributed by atoms with E-state index in [4.69, 9.17) is 7.16 Å². The second-order valence-electron chi connectivity index (χ2n) is 5.66. The zero-order valence-electron chi connectivity index (χ0n) is 11.9. The molecule has 0 radical (unpaired) electrons. The van der Waals surface area contributed by atoms with Crippen molar-refractivity contribution in [3.8, 4) is 0 Å². The Labute approximate surface area is 89.5 Å². The first-order valence-electron chi connectivity index (χ1n) is 5.92. The highest BCUT2D eigenvalue weighted by molar-refractivity contribution is 5.17. The molecule has 1 aromatic heterocycles. The van der Waals surface area contributed by atoms with E-state index in [0.717, 1.165) is 0 Å². The molecule has 2 nitrogen and oxygen atoms in total. The molecular weight excluding hydrogens is 174 g/mol. The summed E-state index contributed by atoms with van der Waals surface area (Å²) in [5, 5.41) is 0. The van der Waals surface area contributed by atoms with Crippen LogP contribution in [0.3, 0.4) is 0 Å². The summed E-state index contributed by atoms with van der Waals surface area (Å²) in [4.78, 5) is 4.08. The molecular formula is C12H21NO. The second kappa shape index (κ2) is 3.41. The Balaban J connectivity index is 3.31. The number of hydrogen-bond acceptors (Lipinski definition) is 2. The van der Waals surface area contributed by atoms with Crippen LogP contribution < -0.4 is 0 Å².